The second kappa shape index (κ2) is 13.5. The quantitative estimate of drug-likeness (QED) is 0.366. The molecule has 4 atom stereocenters. The Labute approximate surface area is 183 Å². The van der Waals surface area contributed by atoms with Crippen LogP contribution in [-0.2, 0) is 0 Å². The van der Waals surface area contributed by atoms with E-state index in [0.29, 0.717) is 0 Å². The molecule has 0 saturated heterocycles. The van der Waals surface area contributed by atoms with Crippen LogP contribution in [0.25, 0.3) is 0 Å². The zero-order valence-electron chi connectivity index (χ0n) is 18.4. The van der Waals surface area contributed by atoms with Gasteiger partial charge in [-0.3, -0.25) is 0 Å². The molecule has 0 amide bonds. The minimum Gasteiger partial charge on any atom is -0.306 e. The number of nitrogens with one attached hydrogen (secondary N) is 2. The molecule has 2 aromatic carbocycles. The van der Waals surface area contributed by atoms with Crippen molar-refractivity contribution in [3.05, 3.63) is 121 Å². The van der Waals surface area contributed by atoms with Gasteiger partial charge in [0.1, 0.15) is 0 Å². The molecule has 2 rings (SSSR count). The molecular weight excluding hydrogens is 364 g/mol. The summed E-state index contributed by atoms with van der Waals surface area (Å²) in [5, 5.41) is 7.74. The third-order valence-corrected chi connectivity index (χ3v) is 5.34. The lowest BCUT2D eigenvalue weighted by Gasteiger charge is -2.33. The van der Waals surface area contributed by atoms with Crippen LogP contribution in [0.2, 0.25) is 0 Å². The van der Waals surface area contributed by atoms with Gasteiger partial charge in [-0.2, -0.15) is 0 Å². The van der Waals surface area contributed by atoms with Crippen LogP contribution in [0, 0.1) is 0 Å². The van der Waals surface area contributed by atoms with E-state index in [9.17, 15) is 0 Å². The summed E-state index contributed by atoms with van der Waals surface area (Å²) in [6.45, 7) is 12.1. The Morgan fingerprint density at radius 2 is 1.03 bits per heavy atom. The van der Waals surface area contributed by atoms with Crippen molar-refractivity contribution in [2.24, 2.45) is 0 Å². The molecule has 0 aromatic heterocycles. The highest BCUT2D eigenvalue weighted by Crippen LogP contribution is 2.19. The molecule has 2 nitrogen and oxygen atoms in total. The van der Waals surface area contributed by atoms with E-state index in [0.717, 1.165) is 12.8 Å². The Morgan fingerprint density at radius 1 is 0.667 bits per heavy atom. The first-order valence-corrected chi connectivity index (χ1v) is 10.8. The third kappa shape index (κ3) is 7.98. The molecule has 0 radical (unpaired) electrons. The maximum Gasteiger partial charge on any atom is 0.0295 e. The van der Waals surface area contributed by atoms with Crippen molar-refractivity contribution >= 4 is 0 Å². The van der Waals surface area contributed by atoms with Crippen molar-refractivity contribution < 1.29 is 0 Å². The van der Waals surface area contributed by atoms with E-state index in [1.165, 1.54) is 11.1 Å². The second-order valence-electron chi connectivity index (χ2n) is 7.61. The predicted octanol–water partition coefficient (Wildman–Crippen LogP) is 6.69. The average Bonchev–Trinajstić information content (AvgIpc) is 2.79. The van der Waals surface area contributed by atoms with Gasteiger partial charge in [0.15, 0.2) is 0 Å². The molecular formula is C28H36N2. The van der Waals surface area contributed by atoms with E-state index in [-0.39, 0.29) is 24.2 Å². The summed E-state index contributed by atoms with van der Waals surface area (Å²) in [5.41, 5.74) is 2.60. The maximum absolute atomic E-state index is 3.87. The van der Waals surface area contributed by atoms with Gasteiger partial charge in [0.2, 0.25) is 0 Å². The fraction of sp³-hybridized carbons (Fsp3) is 0.286. The van der Waals surface area contributed by atoms with Crippen LogP contribution in [0.5, 0.6) is 0 Å². The van der Waals surface area contributed by atoms with Gasteiger partial charge in [-0.1, -0.05) is 110 Å². The van der Waals surface area contributed by atoms with Crippen LogP contribution in [0.4, 0.5) is 0 Å². The van der Waals surface area contributed by atoms with Gasteiger partial charge in [0.25, 0.3) is 0 Å². The summed E-state index contributed by atoms with van der Waals surface area (Å²) in [5.74, 6) is 0. The van der Waals surface area contributed by atoms with Crippen molar-refractivity contribution in [3.8, 4) is 0 Å². The van der Waals surface area contributed by atoms with Crippen LogP contribution in [0.1, 0.15) is 49.9 Å². The Hall–Kier alpha value is -2.68. The SMILES string of the molecule is C=C/C=C/C[C@H](N[C@@H](C)c1ccccc1)[C@@H](C/C=C/C=C)N[C@@H](C)c1ccccc1. The first-order valence-electron chi connectivity index (χ1n) is 10.8. The zero-order valence-corrected chi connectivity index (χ0v) is 18.4. The first-order chi connectivity index (χ1) is 14.7. The van der Waals surface area contributed by atoms with E-state index in [1.807, 2.05) is 24.3 Å². The molecule has 0 saturated carbocycles. The molecule has 0 aliphatic rings. The minimum atomic E-state index is 0.257. The molecule has 2 N–H and O–H groups in total. The highest BCUT2D eigenvalue weighted by Gasteiger charge is 2.23. The van der Waals surface area contributed by atoms with Crippen molar-refractivity contribution in [1.82, 2.24) is 10.6 Å². The molecule has 2 aromatic rings. The smallest absolute Gasteiger partial charge is 0.0295 e. The summed E-state index contributed by atoms with van der Waals surface area (Å²) in [7, 11) is 0. The van der Waals surface area contributed by atoms with Crippen LogP contribution < -0.4 is 10.6 Å². The number of hydrogen-bond acceptors (Lipinski definition) is 2. The van der Waals surface area contributed by atoms with Gasteiger partial charge < -0.3 is 10.6 Å². The maximum atomic E-state index is 3.87. The summed E-state index contributed by atoms with van der Waals surface area (Å²) in [6, 6.07) is 22.3. The number of rotatable bonds is 13. The molecule has 0 heterocycles. The molecule has 0 bridgehead atoms. The van der Waals surface area contributed by atoms with E-state index in [1.54, 1.807) is 0 Å². The fourth-order valence-electron chi connectivity index (χ4n) is 3.66. The van der Waals surface area contributed by atoms with Gasteiger partial charge in [0, 0.05) is 24.2 Å². The number of allylic oxidation sites excluding steroid dienone is 4. The van der Waals surface area contributed by atoms with E-state index < -0.39 is 0 Å². The summed E-state index contributed by atoms with van der Waals surface area (Å²) < 4.78 is 0. The molecule has 2 heteroatoms. The standard InChI is InChI=1S/C28H36N2/c1-5-7-11-21-27(29-23(3)25-17-13-9-14-18-25)28(22-12-8-6-2)30-24(4)26-19-15-10-16-20-26/h5-20,23-24,27-30H,1-2,21-22H2,3-4H3/b11-7+,12-8+/t23-,24-,27-,28+/m0/s1. The van der Waals surface area contributed by atoms with Gasteiger partial charge in [-0.15, -0.1) is 0 Å². The van der Waals surface area contributed by atoms with Crippen molar-refractivity contribution in [2.45, 2.75) is 50.9 Å². The highest BCUT2D eigenvalue weighted by atomic mass is 15.0. The van der Waals surface area contributed by atoms with Gasteiger partial charge in [-0.05, 0) is 37.8 Å². The van der Waals surface area contributed by atoms with Gasteiger partial charge in [-0.25, -0.2) is 0 Å². The third-order valence-electron chi connectivity index (χ3n) is 5.34. The normalized spacial score (nSPS) is 15.7. The molecule has 0 aliphatic heterocycles. The first kappa shape index (κ1) is 23.6. The van der Waals surface area contributed by atoms with Crippen LogP contribution in [0.3, 0.4) is 0 Å². The fourth-order valence-corrected chi connectivity index (χ4v) is 3.66. The Kier molecular flexibility index (Phi) is 10.6. The van der Waals surface area contributed by atoms with Crippen LogP contribution >= 0.6 is 0 Å². The molecule has 30 heavy (non-hydrogen) atoms. The largest absolute Gasteiger partial charge is 0.306 e. The zero-order chi connectivity index (χ0) is 21.6. The summed E-state index contributed by atoms with van der Waals surface area (Å²) >= 11 is 0. The van der Waals surface area contributed by atoms with E-state index in [4.69, 9.17) is 0 Å². The number of benzene rings is 2. The molecule has 0 spiro atoms. The average molecular weight is 401 g/mol. The Bertz CT molecular complexity index is 722. The lowest BCUT2D eigenvalue weighted by atomic mass is 9.96. The molecule has 0 fully saturated rings. The summed E-state index contributed by atoms with van der Waals surface area (Å²) in [4.78, 5) is 0. The highest BCUT2D eigenvalue weighted by molar-refractivity contribution is 5.20. The van der Waals surface area contributed by atoms with Gasteiger partial charge in [0.05, 0.1) is 0 Å². The molecule has 0 unspecified atom stereocenters. The lowest BCUT2D eigenvalue weighted by molar-refractivity contribution is 0.324. The Morgan fingerprint density at radius 3 is 1.37 bits per heavy atom. The van der Waals surface area contributed by atoms with Crippen LogP contribution in [0.15, 0.2) is 110 Å². The predicted molar refractivity (Wildman–Crippen MR) is 131 cm³/mol. The van der Waals surface area contributed by atoms with Crippen molar-refractivity contribution in [2.75, 3.05) is 0 Å². The molecule has 158 valence electrons. The van der Waals surface area contributed by atoms with Crippen LogP contribution in [-0.4, -0.2) is 12.1 Å². The second-order valence-corrected chi connectivity index (χ2v) is 7.61. The Balaban J connectivity index is 2.22. The molecule has 0 aliphatic carbocycles. The minimum absolute atomic E-state index is 0.257. The lowest BCUT2D eigenvalue weighted by Crippen LogP contribution is -2.49. The number of hydrogen-bond donors (Lipinski definition) is 2. The van der Waals surface area contributed by atoms with E-state index in [2.05, 4.69) is 110 Å². The van der Waals surface area contributed by atoms with Crippen molar-refractivity contribution in [1.29, 1.82) is 0 Å². The van der Waals surface area contributed by atoms with Crippen molar-refractivity contribution in [3.63, 3.8) is 0 Å². The van der Waals surface area contributed by atoms with Gasteiger partial charge >= 0.3 is 0 Å². The monoisotopic (exact) mass is 400 g/mol. The topological polar surface area (TPSA) is 24.1 Å². The van der Waals surface area contributed by atoms with E-state index >= 15 is 0 Å². The summed E-state index contributed by atoms with van der Waals surface area (Å²) in [6.07, 6.45) is 14.0.